The van der Waals surface area contributed by atoms with E-state index in [1.807, 2.05) is 0 Å². The van der Waals surface area contributed by atoms with Crippen LogP contribution in [0.25, 0.3) is 0 Å². The van der Waals surface area contributed by atoms with Crippen LogP contribution in [0, 0.1) is 0 Å². The minimum absolute atomic E-state index is 0.241. The number of hydrogen-bond donors (Lipinski definition) is 2. The van der Waals surface area contributed by atoms with Gasteiger partial charge >= 0.3 is 12.0 Å². The number of rotatable bonds is 2. The summed E-state index contributed by atoms with van der Waals surface area (Å²) in [5.41, 5.74) is -0.861. The average molecular weight is 170 g/mol. The average Bonchev–Trinajstić information content (AvgIpc) is 2.71. The standard InChI is InChI=1S/C7H10N2O3/c10-5(11)7(1-2-7)9-4-3-8-6(9)12/h1-4H2,(H,8,12)(H,10,11). The third-order valence-corrected chi connectivity index (χ3v) is 2.50. The van der Waals surface area contributed by atoms with Gasteiger partial charge in [-0.2, -0.15) is 0 Å². The van der Waals surface area contributed by atoms with E-state index in [4.69, 9.17) is 5.11 Å². The molecule has 0 aromatic carbocycles. The summed E-state index contributed by atoms with van der Waals surface area (Å²) in [6, 6.07) is -0.241. The van der Waals surface area contributed by atoms with E-state index in [0.717, 1.165) is 0 Å². The lowest BCUT2D eigenvalue weighted by atomic mass is 10.2. The maximum Gasteiger partial charge on any atom is 0.329 e. The number of amides is 2. The molecule has 0 aromatic rings. The van der Waals surface area contributed by atoms with E-state index in [-0.39, 0.29) is 6.03 Å². The molecule has 2 aliphatic rings. The Hall–Kier alpha value is -1.26. The van der Waals surface area contributed by atoms with E-state index in [0.29, 0.717) is 25.9 Å². The van der Waals surface area contributed by atoms with E-state index in [1.54, 1.807) is 0 Å². The summed E-state index contributed by atoms with van der Waals surface area (Å²) in [5.74, 6) is -0.875. The van der Waals surface area contributed by atoms with E-state index in [9.17, 15) is 9.59 Å². The molecule has 5 nitrogen and oxygen atoms in total. The number of hydrogen-bond acceptors (Lipinski definition) is 2. The van der Waals surface area contributed by atoms with Crippen molar-refractivity contribution in [2.45, 2.75) is 18.4 Å². The molecule has 1 saturated heterocycles. The lowest BCUT2D eigenvalue weighted by Gasteiger charge is -2.21. The van der Waals surface area contributed by atoms with Crippen LogP contribution in [0.2, 0.25) is 0 Å². The largest absolute Gasteiger partial charge is 0.479 e. The van der Waals surface area contributed by atoms with Gasteiger partial charge in [0.1, 0.15) is 5.54 Å². The Balaban J connectivity index is 2.18. The summed E-state index contributed by atoms with van der Waals surface area (Å²) in [6.45, 7) is 1.08. The summed E-state index contributed by atoms with van der Waals surface area (Å²) in [6.07, 6.45) is 1.19. The highest BCUT2D eigenvalue weighted by Crippen LogP contribution is 2.42. The zero-order valence-corrected chi connectivity index (χ0v) is 6.54. The van der Waals surface area contributed by atoms with Crippen LogP contribution in [-0.4, -0.2) is 40.6 Å². The SMILES string of the molecule is O=C1NCCN1C1(C(=O)O)CC1. The predicted octanol–water partition coefficient (Wildman–Crippen LogP) is -0.371. The van der Waals surface area contributed by atoms with E-state index in [1.165, 1.54) is 4.90 Å². The van der Waals surface area contributed by atoms with Gasteiger partial charge in [0.05, 0.1) is 0 Å². The highest BCUT2D eigenvalue weighted by Gasteiger charge is 2.57. The molecular weight excluding hydrogens is 160 g/mol. The number of urea groups is 1. The van der Waals surface area contributed by atoms with Crippen molar-refractivity contribution in [3.05, 3.63) is 0 Å². The van der Waals surface area contributed by atoms with Gasteiger partial charge in [-0.05, 0) is 12.8 Å². The van der Waals surface area contributed by atoms with Crippen LogP contribution < -0.4 is 5.32 Å². The van der Waals surface area contributed by atoms with Gasteiger partial charge in [0.15, 0.2) is 0 Å². The molecule has 0 unspecified atom stereocenters. The number of carbonyl (C=O) groups excluding carboxylic acids is 1. The van der Waals surface area contributed by atoms with Gasteiger partial charge in [0.2, 0.25) is 0 Å². The maximum absolute atomic E-state index is 11.1. The monoisotopic (exact) mass is 170 g/mol. The summed E-state index contributed by atoms with van der Waals surface area (Å²) in [4.78, 5) is 23.3. The molecule has 5 heteroatoms. The number of carboxylic acids is 1. The number of aliphatic carboxylic acids is 1. The van der Waals surface area contributed by atoms with Gasteiger partial charge in [0.25, 0.3) is 0 Å². The van der Waals surface area contributed by atoms with Crippen molar-refractivity contribution in [1.82, 2.24) is 10.2 Å². The van der Waals surface area contributed by atoms with E-state index >= 15 is 0 Å². The van der Waals surface area contributed by atoms with Crippen molar-refractivity contribution in [2.75, 3.05) is 13.1 Å². The molecule has 1 aliphatic carbocycles. The van der Waals surface area contributed by atoms with Crippen LogP contribution in [-0.2, 0) is 4.79 Å². The van der Waals surface area contributed by atoms with Crippen LogP contribution in [0.4, 0.5) is 4.79 Å². The molecule has 0 radical (unpaired) electrons. The van der Waals surface area contributed by atoms with Crippen LogP contribution in [0.15, 0.2) is 0 Å². The van der Waals surface area contributed by atoms with Crippen molar-refractivity contribution >= 4 is 12.0 Å². The zero-order valence-electron chi connectivity index (χ0n) is 6.54. The highest BCUT2D eigenvalue weighted by atomic mass is 16.4. The molecule has 12 heavy (non-hydrogen) atoms. The Labute approximate surface area is 69.3 Å². The topological polar surface area (TPSA) is 69.6 Å². The maximum atomic E-state index is 11.1. The molecule has 0 bridgehead atoms. The summed E-state index contributed by atoms with van der Waals surface area (Å²) in [5, 5.41) is 11.5. The van der Waals surface area contributed by atoms with Gasteiger partial charge in [-0.3, -0.25) is 0 Å². The Morgan fingerprint density at radius 3 is 2.58 bits per heavy atom. The molecule has 1 heterocycles. The number of nitrogens with zero attached hydrogens (tertiary/aromatic N) is 1. The van der Waals surface area contributed by atoms with Crippen molar-refractivity contribution in [3.8, 4) is 0 Å². The Morgan fingerprint density at radius 2 is 2.25 bits per heavy atom. The van der Waals surface area contributed by atoms with E-state index < -0.39 is 11.5 Å². The Bertz CT molecular complexity index is 247. The molecule has 2 fully saturated rings. The minimum Gasteiger partial charge on any atom is -0.479 e. The van der Waals surface area contributed by atoms with Crippen LogP contribution in [0.1, 0.15) is 12.8 Å². The summed E-state index contributed by atoms with van der Waals surface area (Å²) >= 11 is 0. The molecule has 0 aromatic heterocycles. The number of carboxylic acid groups (broad SMARTS) is 1. The van der Waals surface area contributed by atoms with Crippen molar-refractivity contribution < 1.29 is 14.7 Å². The second-order valence-corrected chi connectivity index (χ2v) is 3.22. The fourth-order valence-electron chi connectivity index (χ4n) is 1.60. The van der Waals surface area contributed by atoms with Gasteiger partial charge < -0.3 is 15.3 Å². The first-order valence-corrected chi connectivity index (χ1v) is 3.96. The number of nitrogens with one attached hydrogen (secondary N) is 1. The number of carbonyl (C=O) groups is 2. The van der Waals surface area contributed by atoms with Gasteiger partial charge in [-0.1, -0.05) is 0 Å². The first-order valence-electron chi connectivity index (χ1n) is 3.96. The van der Waals surface area contributed by atoms with Gasteiger partial charge in [0, 0.05) is 13.1 Å². The second kappa shape index (κ2) is 2.12. The molecule has 2 rings (SSSR count). The highest BCUT2D eigenvalue weighted by molar-refractivity contribution is 5.89. The van der Waals surface area contributed by atoms with Gasteiger partial charge in [-0.15, -0.1) is 0 Å². The summed E-state index contributed by atoms with van der Waals surface area (Å²) < 4.78 is 0. The Morgan fingerprint density at radius 1 is 1.58 bits per heavy atom. The lowest BCUT2D eigenvalue weighted by Crippen LogP contribution is -2.45. The smallest absolute Gasteiger partial charge is 0.329 e. The fraction of sp³-hybridized carbons (Fsp3) is 0.714. The quantitative estimate of drug-likeness (QED) is 0.594. The fourth-order valence-corrected chi connectivity index (χ4v) is 1.60. The van der Waals surface area contributed by atoms with Crippen molar-refractivity contribution in [3.63, 3.8) is 0 Å². The molecule has 66 valence electrons. The van der Waals surface area contributed by atoms with Crippen molar-refractivity contribution in [1.29, 1.82) is 0 Å². The molecule has 2 amide bonds. The van der Waals surface area contributed by atoms with Crippen LogP contribution in [0.3, 0.4) is 0 Å². The molecule has 1 aliphatic heterocycles. The zero-order chi connectivity index (χ0) is 8.77. The Kier molecular flexibility index (Phi) is 1.31. The molecule has 1 saturated carbocycles. The molecule has 0 spiro atoms. The predicted molar refractivity (Wildman–Crippen MR) is 39.7 cm³/mol. The molecule has 2 N–H and O–H groups in total. The second-order valence-electron chi connectivity index (χ2n) is 3.22. The first-order chi connectivity index (χ1) is 5.67. The summed E-state index contributed by atoms with van der Waals surface area (Å²) in [7, 11) is 0. The van der Waals surface area contributed by atoms with E-state index in [2.05, 4.69) is 5.32 Å². The normalized spacial score (nSPS) is 25.3. The third kappa shape index (κ3) is 0.790. The van der Waals surface area contributed by atoms with Gasteiger partial charge in [-0.25, -0.2) is 9.59 Å². The minimum atomic E-state index is -0.875. The molecule has 0 atom stereocenters. The third-order valence-electron chi connectivity index (χ3n) is 2.50. The van der Waals surface area contributed by atoms with Crippen molar-refractivity contribution in [2.24, 2.45) is 0 Å². The first kappa shape index (κ1) is 7.39. The molecular formula is C7H10N2O3. The lowest BCUT2D eigenvalue weighted by molar-refractivity contribution is -0.143. The van der Waals surface area contributed by atoms with Crippen LogP contribution in [0.5, 0.6) is 0 Å². The van der Waals surface area contributed by atoms with Crippen LogP contribution >= 0.6 is 0 Å².